The predicted octanol–water partition coefficient (Wildman–Crippen LogP) is 2.19. The standard InChI is InChI=1S/C8H10Cl2N2O2S/c9-7-8(15(10,13)14)11-6-4-2-1-3-5-12(6)7/h1-5H2. The lowest BCUT2D eigenvalue weighted by Gasteiger charge is -2.02. The minimum Gasteiger partial charge on any atom is -0.318 e. The molecular formula is C8H10Cl2N2O2S. The Morgan fingerprint density at radius 3 is 2.67 bits per heavy atom. The summed E-state index contributed by atoms with van der Waals surface area (Å²) in [4.78, 5) is 3.99. The Morgan fingerprint density at radius 2 is 2.00 bits per heavy atom. The van der Waals surface area contributed by atoms with E-state index < -0.39 is 9.05 Å². The zero-order chi connectivity index (χ0) is 11.1. The molecule has 0 fully saturated rings. The molecule has 84 valence electrons. The number of hydrogen-bond acceptors (Lipinski definition) is 3. The van der Waals surface area contributed by atoms with Gasteiger partial charge in [-0.25, -0.2) is 13.4 Å². The summed E-state index contributed by atoms with van der Waals surface area (Å²) in [5, 5.41) is -0.0652. The molecule has 15 heavy (non-hydrogen) atoms. The molecule has 0 spiro atoms. The zero-order valence-corrected chi connectivity index (χ0v) is 10.2. The Labute approximate surface area is 97.6 Å². The first-order valence-electron chi connectivity index (χ1n) is 4.69. The van der Waals surface area contributed by atoms with Crippen LogP contribution >= 0.6 is 22.3 Å². The van der Waals surface area contributed by atoms with Gasteiger partial charge in [-0.15, -0.1) is 0 Å². The molecule has 0 N–H and O–H groups in total. The third-order valence-corrected chi connectivity index (χ3v) is 4.15. The smallest absolute Gasteiger partial charge is 0.281 e. The molecule has 1 aliphatic rings. The van der Waals surface area contributed by atoms with Crippen molar-refractivity contribution in [1.29, 1.82) is 0 Å². The Morgan fingerprint density at radius 1 is 1.27 bits per heavy atom. The lowest BCUT2D eigenvalue weighted by atomic mass is 10.2. The molecule has 0 aliphatic carbocycles. The van der Waals surface area contributed by atoms with Crippen molar-refractivity contribution in [1.82, 2.24) is 9.55 Å². The Balaban J connectivity index is 2.54. The highest BCUT2D eigenvalue weighted by Crippen LogP contribution is 2.28. The van der Waals surface area contributed by atoms with Crippen LogP contribution in [0.2, 0.25) is 5.15 Å². The fourth-order valence-electron chi connectivity index (χ4n) is 1.76. The average Bonchev–Trinajstić information content (AvgIpc) is 2.36. The van der Waals surface area contributed by atoms with Crippen LogP contribution < -0.4 is 0 Å². The molecule has 0 saturated heterocycles. The summed E-state index contributed by atoms with van der Waals surface area (Å²) >= 11 is 5.94. The van der Waals surface area contributed by atoms with Crippen molar-refractivity contribution < 1.29 is 8.42 Å². The number of nitrogens with zero attached hydrogens (tertiary/aromatic N) is 2. The summed E-state index contributed by atoms with van der Waals surface area (Å²) in [6.45, 7) is 0.716. The monoisotopic (exact) mass is 268 g/mol. The van der Waals surface area contributed by atoms with E-state index in [-0.39, 0.29) is 10.2 Å². The quantitative estimate of drug-likeness (QED) is 0.734. The van der Waals surface area contributed by atoms with E-state index in [1.165, 1.54) is 0 Å². The molecule has 2 rings (SSSR count). The average molecular weight is 269 g/mol. The summed E-state index contributed by atoms with van der Waals surface area (Å²) in [5.41, 5.74) is 0. The predicted molar refractivity (Wildman–Crippen MR) is 57.8 cm³/mol. The molecule has 1 aromatic rings. The van der Waals surface area contributed by atoms with Gasteiger partial charge in [-0.1, -0.05) is 18.0 Å². The molecule has 0 radical (unpaired) electrons. The second-order valence-electron chi connectivity index (χ2n) is 3.52. The number of hydrogen-bond donors (Lipinski definition) is 0. The van der Waals surface area contributed by atoms with Gasteiger partial charge in [-0.3, -0.25) is 0 Å². The van der Waals surface area contributed by atoms with Crippen molar-refractivity contribution in [3.8, 4) is 0 Å². The van der Waals surface area contributed by atoms with Gasteiger partial charge in [0.1, 0.15) is 11.0 Å². The van der Waals surface area contributed by atoms with E-state index in [9.17, 15) is 8.42 Å². The van der Waals surface area contributed by atoms with E-state index in [4.69, 9.17) is 22.3 Å². The molecule has 0 saturated carbocycles. The fourth-order valence-corrected chi connectivity index (χ4v) is 3.25. The van der Waals surface area contributed by atoms with Gasteiger partial charge in [0.25, 0.3) is 9.05 Å². The van der Waals surface area contributed by atoms with Crippen molar-refractivity contribution in [3.63, 3.8) is 0 Å². The lowest BCUT2D eigenvalue weighted by molar-refractivity contribution is 0.604. The maximum atomic E-state index is 11.2. The van der Waals surface area contributed by atoms with Gasteiger partial charge in [-0.05, 0) is 12.8 Å². The first kappa shape index (κ1) is 11.2. The first-order valence-corrected chi connectivity index (χ1v) is 7.38. The molecule has 0 amide bonds. The van der Waals surface area contributed by atoms with Crippen molar-refractivity contribution in [3.05, 3.63) is 11.0 Å². The van der Waals surface area contributed by atoms with E-state index in [0.29, 0.717) is 6.54 Å². The molecule has 2 heterocycles. The fraction of sp³-hybridized carbons (Fsp3) is 0.625. The van der Waals surface area contributed by atoms with Crippen LogP contribution in [0, 0.1) is 0 Å². The molecule has 1 aliphatic heterocycles. The third kappa shape index (κ3) is 2.14. The number of fused-ring (bicyclic) bond motifs is 1. The topological polar surface area (TPSA) is 52.0 Å². The van der Waals surface area contributed by atoms with Crippen LogP contribution in [-0.2, 0) is 22.0 Å². The van der Waals surface area contributed by atoms with E-state index in [1.54, 1.807) is 4.57 Å². The van der Waals surface area contributed by atoms with E-state index in [0.717, 1.165) is 31.5 Å². The van der Waals surface area contributed by atoms with Gasteiger partial charge in [0, 0.05) is 23.6 Å². The Kier molecular flexibility index (Phi) is 2.96. The van der Waals surface area contributed by atoms with Crippen LogP contribution in [0.5, 0.6) is 0 Å². The number of aromatic nitrogens is 2. The van der Waals surface area contributed by atoms with Crippen molar-refractivity contribution in [2.75, 3.05) is 0 Å². The van der Waals surface area contributed by atoms with Gasteiger partial charge in [0.05, 0.1) is 0 Å². The van der Waals surface area contributed by atoms with Gasteiger partial charge < -0.3 is 4.57 Å². The number of imidazole rings is 1. The van der Waals surface area contributed by atoms with Gasteiger partial charge >= 0.3 is 0 Å². The second kappa shape index (κ2) is 3.96. The lowest BCUT2D eigenvalue weighted by Crippen LogP contribution is -2.00. The van der Waals surface area contributed by atoms with Crippen LogP contribution in [0.4, 0.5) is 0 Å². The highest BCUT2D eigenvalue weighted by atomic mass is 35.7. The SMILES string of the molecule is O=S(=O)(Cl)c1nc2n(c1Cl)CCCCC2. The van der Waals surface area contributed by atoms with Gasteiger partial charge in [0.2, 0.25) is 5.03 Å². The molecule has 0 unspecified atom stereocenters. The van der Waals surface area contributed by atoms with Crippen LogP contribution in [0.25, 0.3) is 0 Å². The summed E-state index contributed by atoms with van der Waals surface area (Å²) in [6.07, 6.45) is 3.87. The molecule has 0 aromatic carbocycles. The largest absolute Gasteiger partial charge is 0.318 e. The van der Waals surface area contributed by atoms with E-state index >= 15 is 0 Å². The maximum Gasteiger partial charge on any atom is 0.281 e. The molecule has 0 atom stereocenters. The molecule has 7 heteroatoms. The zero-order valence-electron chi connectivity index (χ0n) is 7.91. The summed E-state index contributed by atoms with van der Waals surface area (Å²) in [5.74, 6) is 0.719. The second-order valence-corrected chi connectivity index (χ2v) is 6.36. The normalized spacial score (nSPS) is 17.2. The summed E-state index contributed by atoms with van der Waals surface area (Å²) < 4.78 is 24.1. The highest BCUT2D eigenvalue weighted by Gasteiger charge is 2.24. The van der Waals surface area contributed by atoms with Crippen molar-refractivity contribution in [2.45, 2.75) is 37.3 Å². The summed E-state index contributed by atoms with van der Waals surface area (Å²) in [6, 6.07) is 0. The number of aryl methyl sites for hydroxylation is 1. The van der Waals surface area contributed by atoms with Crippen molar-refractivity contribution in [2.24, 2.45) is 0 Å². The van der Waals surface area contributed by atoms with E-state index in [1.807, 2.05) is 0 Å². The van der Waals surface area contributed by atoms with Gasteiger partial charge in [0.15, 0.2) is 0 Å². The molecule has 1 aromatic heterocycles. The number of rotatable bonds is 1. The third-order valence-electron chi connectivity index (χ3n) is 2.47. The molecular weight excluding hydrogens is 259 g/mol. The Bertz CT molecular complexity index is 481. The van der Waals surface area contributed by atoms with Crippen LogP contribution in [0.3, 0.4) is 0 Å². The number of halogens is 2. The first-order chi connectivity index (χ1) is 7.00. The molecule has 0 bridgehead atoms. The minimum atomic E-state index is -3.83. The minimum absolute atomic E-state index is 0.141. The maximum absolute atomic E-state index is 11.2. The van der Waals surface area contributed by atoms with Crippen molar-refractivity contribution >= 4 is 31.3 Å². The van der Waals surface area contributed by atoms with Crippen LogP contribution in [0.15, 0.2) is 5.03 Å². The molecule has 4 nitrogen and oxygen atoms in total. The van der Waals surface area contributed by atoms with E-state index in [2.05, 4.69) is 4.98 Å². The van der Waals surface area contributed by atoms with Crippen LogP contribution in [0.1, 0.15) is 25.1 Å². The van der Waals surface area contributed by atoms with Crippen LogP contribution in [-0.4, -0.2) is 18.0 Å². The Hall–Kier alpha value is -0.260. The highest BCUT2D eigenvalue weighted by molar-refractivity contribution is 8.13. The van der Waals surface area contributed by atoms with Gasteiger partial charge in [-0.2, -0.15) is 0 Å². The summed E-state index contributed by atoms with van der Waals surface area (Å²) in [7, 11) is 1.41.